The SMILES string of the molecule is O=C(O)C(=O)NCCCN1CCNCC1. The van der Waals surface area contributed by atoms with Crippen molar-refractivity contribution in [3.63, 3.8) is 0 Å². The first-order chi connectivity index (χ1) is 7.20. The highest BCUT2D eigenvalue weighted by Crippen LogP contribution is 1.93. The van der Waals surface area contributed by atoms with Crippen molar-refractivity contribution in [2.45, 2.75) is 6.42 Å². The van der Waals surface area contributed by atoms with Crippen LogP contribution in [0.5, 0.6) is 0 Å². The molecule has 0 aliphatic carbocycles. The van der Waals surface area contributed by atoms with Gasteiger partial charge in [-0.25, -0.2) is 4.79 Å². The third-order valence-corrected chi connectivity index (χ3v) is 2.34. The Hall–Kier alpha value is -1.14. The summed E-state index contributed by atoms with van der Waals surface area (Å²) in [5, 5.41) is 13.9. The molecule has 1 aliphatic rings. The van der Waals surface area contributed by atoms with Crippen LogP contribution in [-0.4, -0.2) is 61.2 Å². The Kier molecular flexibility index (Phi) is 5.06. The molecular formula is C9H17N3O3. The number of amides is 1. The van der Waals surface area contributed by atoms with Gasteiger partial charge in [0.1, 0.15) is 0 Å². The van der Waals surface area contributed by atoms with Gasteiger partial charge < -0.3 is 20.6 Å². The number of nitrogens with zero attached hydrogens (tertiary/aromatic N) is 1. The second kappa shape index (κ2) is 6.36. The Labute approximate surface area is 88.6 Å². The van der Waals surface area contributed by atoms with Crippen molar-refractivity contribution in [2.75, 3.05) is 39.3 Å². The number of carboxylic acid groups (broad SMARTS) is 1. The van der Waals surface area contributed by atoms with Gasteiger partial charge in [0.2, 0.25) is 0 Å². The van der Waals surface area contributed by atoms with Crippen molar-refractivity contribution in [3.8, 4) is 0 Å². The van der Waals surface area contributed by atoms with Crippen LogP contribution in [0.1, 0.15) is 6.42 Å². The first-order valence-electron chi connectivity index (χ1n) is 5.14. The molecule has 0 aromatic rings. The summed E-state index contributed by atoms with van der Waals surface area (Å²) in [4.78, 5) is 23.1. The van der Waals surface area contributed by atoms with E-state index in [1.807, 2.05) is 0 Å². The third-order valence-electron chi connectivity index (χ3n) is 2.34. The lowest BCUT2D eigenvalue weighted by molar-refractivity contribution is -0.150. The van der Waals surface area contributed by atoms with E-state index in [0.29, 0.717) is 6.54 Å². The van der Waals surface area contributed by atoms with E-state index in [0.717, 1.165) is 39.1 Å². The van der Waals surface area contributed by atoms with Crippen molar-refractivity contribution in [1.29, 1.82) is 0 Å². The number of carbonyl (C=O) groups excluding carboxylic acids is 1. The molecule has 0 atom stereocenters. The minimum absolute atomic E-state index is 0.426. The van der Waals surface area contributed by atoms with Crippen molar-refractivity contribution >= 4 is 11.9 Å². The molecular weight excluding hydrogens is 198 g/mol. The number of aliphatic carboxylic acids is 1. The minimum atomic E-state index is -1.42. The molecule has 0 aromatic heterocycles. The normalized spacial score (nSPS) is 17.3. The predicted octanol–water partition coefficient (Wildman–Crippen LogP) is -1.52. The van der Waals surface area contributed by atoms with Crippen molar-refractivity contribution in [3.05, 3.63) is 0 Å². The van der Waals surface area contributed by atoms with E-state index >= 15 is 0 Å². The molecule has 0 unspecified atom stereocenters. The second-order valence-electron chi connectivity index (χ2n) is 3.51. The highest BCUT2D eigenvalue weighted by Gasteiger charge is 2.11. The quantitative estimate of drug-likeness (QED) is 0.392. The summed E-state index contributed by atoms with van der Waals surface area (Å²) in [5.41, 5.74) is 0. The fourth-order valence-electron chi connectivity index (χ4n) is 1.51. The number of hydrogen-bond donors (Lipinski definition) is 3. The van der Waals surface area contributed by atoms with Gasteiger partial charge in [0.05, 0.1) is 0 Å². The van der Waals surface area contributed by atoms with Crippen LogP contribution in [0.3, 0.4) is 0 Å². The van der Waals surface area contributed by atoms with Gasteiger partial charge in [-0.15, -0.1) is 0 Å². The Balaban J connectivity index is 2.01. The van der Waals surface area contributed by atoms with Crippen LogP contribution in [0, 0.1) is 0 Å². The van der Waals surface area contributed by atoms with Crippen LogP contribution in [-0.2, 0) is 9.59 Å². The van der Waals surface area contributed by atoms with Gasteiger partial charge in [-0.2, -0.15) is 0 Å². The zero-order valence-electron chi connectivity index (χ0n) is 8.66. The Morgan fingerprint density at radius 3 is 2.60 bits per heavy atom. The third kappa shape index (κ3) is 4.75. The largest absolute Gasteiger partial charge is 0.474 e. The molecule has 0 bridgehead atoms. The second-order valence-corrected chi connectivity index (χ2v) is 3.51. The molecule has 0 radical (unpaired) electrons. The number of piperazine rings is 1. The van der Waals surface area contributed by atoms with Crippen LogP contribution >= 0.6 is 0 Å². The molecule has 0 spiro atoms. The summed E-state index contributed by atoms with van der Waals surface area (Å²) < 4.78 is 0. The number of rotatable bonds is 4. The molecule has 6 heteroatoms. The number of carboxylic acids is 1. The number of nitrogens with one attached hydrogen (secondary N) is 2. The lowest BCUT2D eigenvalue weighted by Crippen LogP contribution is -2.44. The molecule has 1 amide bonds. The summed E-state index contributed by atoms with van der Waals surface area (Å²) in [6.07, 6.45) is 0.791. The zero-order chi connectivity index (χ0) is 11.1. The molecule has 1 fully saturated rings. The molecule has 15 heavy (non-hydrogen) atoms. The number of hydrogen-bond acceptors (Lipinski definition) is 4. The lowest BCUT2D eigenvalue weighted by Gasteiger charge is -2.26. The summed E-state index contributed by atoms with van der Waals surface area (Å²) >= 11 is 0. The topological polar surface area (TPSA) is 81.7 Å². The molecule has 1 rings (SSSR count). The van der Waals surface area contributed by atoms with Gasteiger partial charge in [0.15, 0.2) is 0 Å². The van der Waals surface area contributed by atoms with Gasteiger partial charge in [-0.05, 0) is 13.0 Å². The van der Waals surface area contributed by atoms with Crippen molar-refractivity contribution in [2.24, 2.45) is 0 Å². The average molecular weight is 215 g/mol. The lowest BCUT2D eigenvalue weighted by atomic mass is 10.3. The smallest absolute Gasteiger partial charge is 0.394 e. The van der Waals surface area contributed by atoms with E-state index in [9.17, 15) is 9.59 Å². The highest BCUT2D eigenvalue weighted by atomic mass is 16.4. The maximum absolute atomic E-state index is 10.7. The first kappa shape index (κ1) is 11.9. The van der Waals surface area contributed by atoms with Gasteiger partial charge in [-0.1, -0.05) is 0 Å². The van der Waals surface area contributed by atoms with E-state index in [2.05, 4.69) is 15.5 Å². The maximum Gasteiger partial charge on any atom is 0.394 e. The van der Waals surface area contributed by atoms with Gasteiger partial charge in [0.25, 0.3) is 0 Å². The molecule has 86 valence electrons. The predicted molar refractivity (Wildman–Crippen MR) is 54.6 cm³/mol. The molecule has 3 N–H and O–H groups in total. The number of carbonyl (C=O) groups is 2. The van der Waals surface area contributed by atoms with E-state index in [1.165, 1.54) is 0 Å². The average Bonchev–Trinajstić information content (AvgIpc) is 2.25. The van der Waals surface area contributed by atoms with Crippen molar-refractivity contribution < 1.29 is 14.7 Å². The van der Waals surface area contributed by atoms with E-state index < -0.39 is 11.9 Å². The van der Waals surface area contributed by atoms with Gasteiger partial charge in [-0.3, -0.25) is 4.79 Å². The molecule has 0 saturated carbocycles. The van der Waals surface area contributed by atoms with Gasteiger partial charge >= 0.3 is 11.9 Å². The fraction of sp³-hybridized carbons (Fsp3) is 0.778. The Morgan fingerprint density at radius 1 is 1.33 bits per heavy atom. The summed E-state index contributed by atoms with van der Waals surface area (Å²) in [6.45, 7) is 5.37. The van der Waals surface area contributed by atoms with Crippen LogP contribution in [0.4, 0.5) is 0 Å². The summed E-state index contributed by atoms with van der Waals surface area (Å²) in [5.74, 6) is -2.34. The Morgan fingerprint density at radius 2 is 2.00 bits per heavy atom. The minimum Gasteiger partial charge on any atom is -0.474 e. The van der Waals surface area contributed by atoms with Gasteiger partial charge in [0, 0.05) is 32.7 Å². The highest BCUT2D eigenvalue weighted by molar-refractivity contribution is 6.31. The van der Waals surface area contributed by atoms with Crippen LogP contribution in [0.15, 0.2) is 0 Å². The van der Waals surface area contributed by atoms with Crippen LogP contribution < -0.4 is 10.6 Å². The van der Waals surface area contributed by atoms with E-state index in [4.69, 9.17) is 5.11 Å². The van der Waals surface area contributed by atoms with E-state index in [-0.39, 0.29) is 0 Å². The standard InChI is InChI=1S/C9H17N3O3/c13-8(9(14)15)11-2-1-5-12-6-3-10-4-7-12/h10H,1-7H2,(H,11,13)(H,14,15). The van der Waals surface area contributed by atoms with E-state index in [1.54, 1.807) is 0 Å². The summed E-state index contributed by atoms with van der Waals surface area (Å²) in [7, 11) is 0. The molecule has 1 heterocycles. The molecule has 1 aliphatic heterocycles. The first-order valence-corrected chi connectivity index (χ1v) is 5.14. The molecule has 6 nitrogen and oxygen atoms in total. The molecule has 1 saturated heterocycles. The van der Waals surface area contributed by atoms with Crippen molar-refractivity contribution in [1.82, 2.24) is 15.5 Å². The zero-order valence-corrected chi connectivity index (χ0v) is 8.66. The fourth-order valence-corrected chi connectivity index (χ4v) is 1.51. The van der Waals surface area contributed by atoms with Crippen LogP contribution in [0.2, 0.25) is 0 Å². The van der Waals surface area contributed by atoms with Crippen LogP contribution in [0.25, 0.3) is 0 Å². The summed E-state index contributed by atoms with van der Waals surface area (Å²) in [6, 6.07) is 0. The monoisotopic (exact) mass is 215 g/mol. The molecule has 0 aromatic carbocycles. The maximum atomic E-state index is 10.7. The Bertz CT molecular complexity index is 227.